The number of alkyl halides is 3. The fraction of sp³-hybridized carbons (Fsp3) is 0.364. The van der Waals surface area contributed by atoms with Crippen LogP contribution in [0, 0.1) is 5.92 Å². The Balaban J connectivity index is 1.29. The van der Waals surface area contributed by atoms with Gasteiger partial charge in [0.2, 0.25) is 5.91 Å². The van der Waals surface area contributed by atoms with Crippen LogP contribution in [0.3, 0.4) is 0 Å². The molecule has 0 bridgehead atoms. The molecule has 1 saturated heterocycles. The van der Waals surface area contributed by atoms with Crippen LogP contribution in [-0.4, -0.2) is 38.7 Å². The number of hydrogen-bond donors (Lipinski definition) is 1. The van der Waals surface area contributed by atoms with E-state index >= 15 is 0 Å². The maximum Gasteiger partial charge on any atom is 0.417 e. The molecule has 7 nitrogen and oxygen atoms in total. The molecule has 33 heavy (non-hydrogen) atoms. The summed E-state index contributed by atoms with van der Waals surface area (Å²) >= 11 is 6.05. The maximum atomic E-state index is 12.8. The molecule has 3 heterocycles. The molecule has 0 radical (unpaired) electrons. The highest BCUT2D eigenvalue weighted by Crippen LogP contribution is 2.34. The number of nitrogens with zero attached hydrogens (tertiary/aromatic N) is 5. The van der Waals surface area contributed by atoms with Crippen LogP contribution < -0.4 is 10.2 Å². The predicted octanol–water partition coefficient (Wildman–Crippen LogP) is 3.93. The van der Waals surface area contributed by atoms with Crippen LogP contribution in [0.1, 0.15) is 29.5 Å². The third-order valence-corrected chi connectivity index (χ3v) is 5.86. The summed E-state index contributed by atoms with van der Waals surface area (Å²) in [5.74, 6) is 0.100. The number of hydrogen-bond acceptors (Lipinski definition) is 5. The summed E-state index contributed by atoms with van der Waals surface area (Å²) in [5, 5.41) is 7.04. The number of pyridine rings is 1. The highest BCUT2D eigenvalue weighted by molar-refractivity contribution is 6.33. The maximum absolute atomic E-state index is 12.8. The third kappa shape index (κ3) is 5.81. The fourth-order valence-electron chi connectivity index (χ4n) is 3.84. The molecule has 0 aliphatic carbocycles. The number of nitrogens with one attached hydrogen (secondary N) is 1. The first kappa shape index (κ1) is 23.0. The van der Waals surface area contributed by atoms with Crippen molar-refractivity contribution in [3.8, 4) is 0 Å². The van der Waals surface area contributed by atoms with E-state index in [1.54, 1.807) is 11.0 Å². The molecule has 174 valence electrons. The van der Waals surface area contributed by atoms with Crippen LogP contribution in [0.25, 0.3) is 0 Å². The minimum absolute atomic E-state index is 0.0391. The smallest absolute Gasteiger partial charge is 0.355 e. The number of aromatic nitrogens is 4. The van der Waals surface area contributed by atoms with Gasteiger partial charge in [-0.25, -0.2) is 14.6 Å². The molecule has 1 aliphatic heterocycles. The lowest BCUT2D eigenvalue weighted by Gasteiger charge is -2.32. The van der Waals surface area contributed by atoms with Crippen molar-refractivity contribution in [3.63, 3.8) is 0 Å². The van der Waals surface area contributed by atoms with E-state index in [1.807, 2.05) is 29.2 Å². The number of halogens is 4. The normalized spacial score (nSPS) is 15.0. The van der Waals surface area contributed by atoms with Gasteiger partial charge in [0.25, 0.3) is 0 Å². The Morgan fingerprint density at radius 1 is 1.18 bits per heavy atom. The van der Waals surface area contributed by atoms with Gasteiger partial charge < -0.3 is 10.2 Å². The van der Waals surface area contributed by atoms with Crippen molar-refractivity contribution in [1.82, 2.24) is 25.1 Å². The summed E-state index contributed by atoms with van der Waals surface area (Å²) in [7, 11) is 0. The third-order valence-electron chi connectivity index (χ3n) is 5.58. The Kier molecular flexibility index (Phi) is 6.83. The van der Waals surface area contributed by atoms with Gasteiger partial charge in [-0.05, 0) is 30.0 Å². The average molecular weight is 479 g/mol. The Hall–Kier alpha value is -3.14. The summed E-state index contributed by atoms with van der Waals surface area (Å²) in [5.41, 5.74) is 1.16. The van der Waals surface area contributed by atoms with Gasteiger partial charge in [0.05, 0.1) is 17.1 Å². The zero-order valence-corrected chi connectivity index (χ0v) is 18.4. The second-order valence-electron chi connectivity index (χ2n) is 7.92. The highest BCUT2D eigenvalue weighted by atomic mass is 35.5. The number of carbonyl (C=O) groups is 1. The monoisotopic (exact) mass is 478 g/mol. The second-order valence-corrected chi connectivity index (χ2v) is 8.33. The Labute approximate surface area is 193 Å². The SMILES string of the molecule is O=C(NCc1cccc(Cn2cncn2)c1)C1CCN(c2ncc(C(F)(F)F)cc2Cl)CC1. The van der Waals surface area contributed by atoms with E-state index < -0.39 is 11.7 Å². The Bertz CT molecular complexity index is 1100. The van der Waals surface area contributed by atoms with Crippen LogP contribution in [0.15, 0.2) is 49.2 Å². The fourth-order valence-corrected chi connectivity index (χ4v) is 4.13. The van der Waals surface area contributed by atoms with E-state index in [9.17, 15) is 18.0 Å². The number of amides is 1. The lowest BCUT2D eigenvalue weighted by Crippen LogP contribution is -2.40. The molecule has 1 aliphatic rings. The first-order chi connectivity index (χ1) is 15.8. The second kappa shape index (κ2) is 9.78. The minimum atomic E-state index is -4.49. The Morgan fingerprint density at radius 3 is 2.61 bits per heavy atom. The van der Waals surface area contributed by atoms with Gasteiger partial charge in [-0.3, -0.25) is 4.79 Å². The number of benzene rings is 1. The van der Waals surface area contributed by atoms with Gasteiger partial charge in [0, 0.05) is 31.7 Å². The first-order valence-corrected chi connectivity index (χ1v) is 10.8. The van der Waals surface area contributed by atoms with Crippen molar-refractivity contribution >= 4 is 23.3 Å². The molecule has 0 saturated carbocycles. The zero-order valence-electron chi connectivity index (χ0n) is 17.6. The van der Waals surface area contributed by atoms with E-state index in [0.717, 1.165) is 23.4 Å². The van der Waals surface area contributed by atoms with E-state index in [1.165, 1.54) is 6.33 Å². The van der Waals surface area contributed by atoms with Gasteiger partial charge in [-0.1, -0.05) is 35.9 Å². The van der Waals surface area contributed by atoms with E-state index in [4.69, 9.17) is 11.6 Å². The molecular weight excluding hydrogens is 457 g/mol. The summed E-state index contributed by atoms with van der Waals surface area (Å²) in [4.78, 5) is 22.3. The predicted molar refractivity (Wildman–Crippen MR) is 117 cm³/mol. The molecule has 1 aromatic carbocycles. The van der Waals surface area contributed by atoms with E-state index in [-0.39, 0.29) is 16.8 Å². The summed E-state index contributed by atoms with van der Waals surface area (Å²) in [6, 6.07) is 8.78. The van der Waals surface area contributed by atoms with Gasteiger partial charge in [-0.2, -0.15) is 18.3 Å². The molecule has 0 unspecified atom stereocenters. The van der Waals surface area contributed by atoms with Crippen molar-refractivity contribution in [2.24, 2.45) is 5.92 Å². The van der Waals surface area contributed by atoms with Crippen molar-refractivity contribution in [2.75, 3.05) is 18.0 Å². The first-order valence-electron chi connectivity index (χ1n) is 10.5. The molecule has 0 spiro atoms. The lowest BCUT2D eigenvalue weighted by atomic mass is 9.95. The summed E-state index contributed by atoms with van der Waals surface area (Å²) in [6.07, 6.45) is 0.562. The summed E-state index contributed by atoms with van der Waals surface area (Å²) in [6.45, 7) is 1.99. The van der Waals surface area contributed by atoms with Crippen molar-refractivity contribution in [1.29, 1.82) is 0 Å². The van der Waals surface area contributed by atoms with Crippen LogP contribution in [0.4, 0.5) is 19.0 Å². The number of anilines is 1. The minimum Gasteiger partial charge on any atom is -0.355 e. The standard InChI is InChI=1S/C22H22ClF3N6O/c23-19-9-18(22(24,25)26)11-28-20(19)31-6-4-17(5-7-31)21(33)29-10-15-2-1-3-16(8-15)12-32-14-27-13-30-32/h1-3,8-9,11,13-14,17H,4-7,10,12H2,(H,29,33). The largest absolute Gasteiger partial charge is 0.417 e. The number of piperidine rings is 1. The van der Waals surface area contributed by atoms with Gasteiger partial charge in [0.1, 0.15) is 18.5 Å². The van der Waals surface area contributed by atoms with Crippen molar-refractivity contribution in [3.05, 3.63) is 70.9 Å². The molecule has 1 N–H and O–H groups in total. The van der Waals surface area contributed by atoms with Gasteiger partial charge >= 0.3 is 6.18 Å². The molecule has 4 rings (SSSR count). The molecule has 2 aromatic heterocycles. The lowest BCUT2D eigenvalue weighted by molar-refractivity contribution is -0.137. The number of carbonyl (C=O) groups excluding carboxylic acids is 1. The van der Waals surface area contributed by atoms with Crippen LogP contribution in [-0.2, 0) is 24.1 Å². The molecule has 3 aromatic rings. The van der Waals surface area contributed by atoms with Gasteiger partial charge in [0.15, 0.2) is 0 Å². The van der Waals surface area contributed by atoms with E-state index in [2.05, 4.69) is 20.4 Å². The van der Waals surface area contributed by atoms with Crippen LogP contribution in [0.2, 0.25) is 5.02 Å². The summed E-state index contributed by atoms with van der Waals surface area (Å²) < 4.78 is 40.2. The van der Waals surface area contributed by atoms with E-state index in [0.29, 0.717) is 44.8 Å². The molecule has 1 amide bonds. The van der Waals surface area contributed by atoms with Crippen molar-refractivity contribution in [2.45, 2.75) is 32.1 Å². The quantitative estimate of drug-likeness (QED) is 0.581. The van der Waals surface area contributed by atoms with Gasteiger partial charge in [-0.15, -0.1) is 0 Å². The van der Waals surface area contributed by atoms with Crippen molar-refractivity contribution < 1.29 is 18.0 Å². The topological polar surface area (TPSA) is 75.9 Å². The number of rotatable bonds is 6. The highest BCUT2D eigenvalue weighted by Gasteiger charge is 2.33. The molecule has 1 fully saturated rings. The molecule has 0 atom stereocenters. The average Bonchev–Trinajstić information content (AvgIpc) is 3.30. The van der Waals surface area contributed by atoms with Crippen LogP contribution >= 0.6 is 11.6 Å². The zero-order chi connectivity index (χ0) is 23.4. The molecular formula is C22H22ClF3N6O. The molecule has 11 heteroatoms. The van der Waals surface area contributed by atoms with Crippen LogP contribution in [0.5, 0.6) is 0 Å². The Morgan fingerprint density at radius 2 is 1.94 bits per heavy atom.